The van der Waals surface area contributed by atoms with E-state index in [4.69, 9.17) is 5.73 Å². The lowest BCUT2D eigenvalue weighted by Crippen LogP contribution is -2.22. The van der Waals surface area contributed by atoms with E-state index in [0.717, 1.165) is 0 Å². The summed E-state index contributed by atoms with van der Waals surface area (Å²) in [6.07, 6.45) is 0.625. The number of hydrogen-bond acceptors (Lipinski definition) is 3. The van der Waals surface area contributed by atoms with E-state index in [2.05, 4.69) is 0 Å². The van der Waals surface area contributed by atoms with E-state index in [9.17, 15) is 15.0 Å². The van der Waals surface area contributed by atoms with E-state index >= 15 is 0 Å². The summed E-state index contributed by atoms with van der Waals surface area (Å²) in [4.78, 5) is 11.3. The summed E-state index contributed by atoms with van der Waals surface area (Å²) in [6, 6.07) is 4.35. The highest BCUT2D eigenvalue weighted by molar-refractivity contribution is 5.82. The zero-order chi connectivity index (χ0) is 12.3. The van der Waals surface area contributed by atoms with Gasteiger partial charge in [-0.15, -0.1) is 0 Å². The summed E-state index contributed by atoms with van der Waals surface area (Å²) in [7, 11) is 0. The molecule has 0 saturated carbocycles. The molecule has 0 bridgehead atoms. The van der Waals surface area contributed by atoms with E-state index in [1.165, 1.54) is 12.1 Å². The molecule has 4 N–H and O–H groups in total. The number of aromatic hydroxyl groups is 2. The standard InChI is InChI=1S/C12H17NO3/c1-7(2)5-9(12(13)16)8-3-4-10(14)11(15)6-8/h3-4,6-7,9,14-15H,5H2,1-2H3,(H2,13,16). The topological polar surface area (TPSA) is 83.6 Å². The zero-order valence-corrected chi connectivity index (χ0v) is 9.47. The fourth-order valence-corrected chi connectivity index (χ4v) is 1.65. The maximum atomic E-state index is 11.3. The van der Waals surface area contributed by atoms with Crippen LogP contribution in [0, 0.1) is 5.92 Å². The van der Waals surface area contributed by atoms with Crippen LogP contribution in [0.1, 0.15) is 31.7 Å². The van der Waals surface area contributed by atoms with Gasteiger partial charge in [0.15, 0.2) is 11.5 Å². The number of phenolic OH excluding ortho intramolecular Hbond substituents is 2. The average Bonchev–Trinajstić information content (AvgIpc) is 2.18. The Balaban J connectivity index is 3.01. The third-order valence-corrected chi connectivity index (χ3v) is 2.45. The summed E-state index contributed by atoms with van der Waals surface area (Å²) in [5.41, 5.74) is 5.96. The lowest BCUT2D eigenvalue weighted by molar-refractivity contribution is -0.119. The van der Waals surface area contributed by atoms with E-state index in [1.54, 1.807) is 6.07 Å². The normalized spacial score (nSPS) is 12.7. The van der Waals surface area contributed by atoms with E-state index in [-0.39, 0.29) is 11.5 Å². The van der Waals surface area contributed by atoms with Crippen molar-refractivity contribution in [1.29, 1.82) is 0 Å². The fourth-order valence-electron chi connectivity index (χ4n) is 1.65. The molecular formula is C12H17NO3. The first-order valence-electron chi connectivity index (χ1n) is 5.23. The maximum Gasteiger partial charge on any atom is 0.224 e. The Morgan fingerprint density at radius 2 is 1.94 bits per heavy atom. The van der Waals surface area contributed by atoms with Crippen molar-refractivity contribution in [2.45, 2.75) is 26.2 Å². The van der Waals surface area contributed by atoms with Gasteiger partial charge in [0.25, 0.3) is 0 Å². The van der Waals surface area contributed by atoms with Crippen molar-refractivity contribution in [3.63, 3.8) is 0 Å². The third kappa shape index (κ3) is 2.89. The number of carbonyl (C=O) groups excluding carboxylic acids is 1. The Labute approximate surface area is 94.7 Å². The van der Waals surface area contributed by atoms with Gasteiger partial charge in [-0.1, -0.05) is 19.9 Å². The second kappa shape index (κ2) is 4.88. The first-order valence-corrected chi connectivity index (χ1v) is 5.23. The molecule has 16 heavy (non-hydrogen) atoms. The molecule has 0 radical (unpaired) electrons. The monoisotopic (exact) mass is 223 g/mol. The molecule has 0 aromatic heterocycles. The highest BCUT2D eigenvalue weighted by Gasteiger charge is 2.20. The molecule has 1 amide bonds. The molecule has 0 spiro atoms. The molecule has 0 aliphatic rings. The predicted molar refractivity (Wildman–Crippen MR) is 61.2 cm³/mol. The minimum atomic E-state index is -0.425. The van der Waals surface area contributed by atoms with E-state index in [0.29, 0.717) is 17.9 Å². The quantitative estimate of drug-likeness (QED) is 0.679. The molecule has 1 atom stereocenters. The molecule has 1 aromatic carbocycles. The fraction of sp³-hybridized carbons (Fsp3) is 0.417. The Kier molecular flexibility index (Phi) is 3.77. The van der Waals surface area contributed by atoms with Crippen LogP contribution in [-0.4, -0.2) is 16.1 Å². The lowest BCUT2D eigenvalue weighted by atomic mass is 9.89. The predicted octanol–water partition coefficient (Wildman–Crippen LogP) is 1.71. The van der Waals surface area contributed by atoms with Crippen LogP contribution in [0.15, 0.2) is 18.2 Å². The number of primary amides is 1. The molecule has 0 aliphatic heterocycles. The Bertz CT molecular complexity index is 388. The van der Waals surface area contributed by atoms with E-state index in [1.807, 2.05) is 13.8 Å². The van der Waals surface area contributed by atoms with Gasteiger partial charge in [0.2, 0.25) is 5.91 Å². The van der Waals surface area contributed by atoms with E-state index < -0.39 is 11.8 Å². The molecule has 4 nitrogen and oxygen atoms in total. The maximum absolute atomic E-state index is 11.3. The smallest absolute Gasteiger partial charge is 0.224 e. The molecule has 1 unspecified atom stereocenters. The number of hydrogen-bond donors (Lipinski definition) is 3. The lowest BCUT2D eigenvalue weighted by Gasteiger charge is -2.16. The van der Waals surface area contributed by atoms with Gasteiger partial charge in [-0.2, -0.15) is 0 Å². The second-order valence-corrected chi connectivity index (χ2v) is 4.33. The SMILES string of the molecule is CC(C)CC(C(N)=O)c1ccc(O)c(O)c1. The highest BCUT2D eigenvalue weighted by Crippen LogP contribution is 2.31. The molecule has 0 fully saturated rings. The average molecular weight is 223 g/mol. The van der Waals surface area contributed by atoms with Gasteiger partial charge in [0.05, 0.1) is 5.92 Å². The van der Waals surface area contributed by atoms with Crippen LogP contribution in [0.3, 0.4) is 0 Å². The molecule has 88 valence electrons. The molecule has 4 heteroatoms. The van der Waals surface area contributed by atoms with Gasteiger partial charge in [-0.25, -0.2) is 0 Å². The molecule has 0 saturated heterocycles. The summed E-state index contributed by atoms with van der Waals surface area (Å²) in [5, 5.41) is 18.5. The first kappa shape index (κ1) is 12.4. The molecule has 1 rings (SSSR count). The number of rotatable bonds is 4. The van der Waals surface area contributed by atoms with Crippen molar-refractivity contribution in [2.24, 2.45) is 11.7 Å². The van der Waals surface area contributed by atoms with Gasteiger partial charge in [0.1, 0.15) is 0 Å². The van der Waals surface area contributed by atoms with Crippen LogP contribution in [-0.2, 0) is 4.79 Å². The minimum Gasteiger partial charge on any atom is -0.504 e. The number of amides is 1. The first-order chi connectivity index (χ1) is 7.41. The summed E-state index contributed by atoms with van der Waals surface area (Å²) in [5.74, 6) is -0.942. The van der Waals surface area contributed by atoms with Crippen molar-refractivity contribution < 1.29 is 15.0 Å². The van der Waals surface area contributed by atoms with Crippen molar-refractivity contribution in [3.8, 4) is 11.5 Å². The summed E-state index contributed by atoms with van der Waals surface area (Å²) < 4.78 is 0. The summed E-state index contributed by atoms with van der Waals surface area (Å²) >= 11 is 0. The molecule has 1 aromatic rings. The van der Waals surface area contributed by atoms with Crippen molar-refractivity contribution in [1.82, 2.24) is 0 Å². The highest BCUT2D eigenvalue weighted by atomic mass is 16.3. The van der Waals surface area contributed by atoms with Gasteiger partial charge < -0.3 is 15.9 Å². The number of nitrogens with two attached hydrogens (primary N) is 1. The van der Waals surface area contributed by atoms with Crippen LogP contribution in [0.2, 0.25) is 0 Å². The third-order valence-electron chi connectivity index (χ3n) is 2.45. The van der Waals surface area contributed by atoms with Crippen LogP contribution >= 0.6 is 0 Å². The molecule has 0 heterocycles. The van der Waals surface area contributed by atoms with Crippen LogP contribution in [0.5, 0.6) is 11.5 Å². The Hall–Kier alpha value is -1.71. The van der Waals surface area contributed by atoms with Crippen LogP contribution < -0.4 is 5.73 Å². The Morgan fingerprint density at radius 3 is 2.38 bits per heavy atom. The van der Waals surface area contributed by atoms with Gasteiger partial charge in [-0.05, 0) is 30.0 Å². The van der Waals surface area contributed by atoms with Gasteiger partial charge in [-0.3, -0.25) is 4.79 Å². The minimum absolute atomic E-state index is 0.198. The van der Waals surface area contributed by atoms with Gasteiger partial charge in [0, 0.05) is 0 Å². The van der Waals surface area contributed by atoms with Crippen LogP contribution in [0.4, 0.5) is 0 Å². The number of phenols is 2. The van der Waals surface area contributed by atoms with Crippen molar-refractivity contribution >= 4 is 5.91 Å². The summed E-state index contributed by atoms with van der Waals surface area (Å²) in [6.45, 7) is 3.99. The van der Waals surface area contributed by atoms with Gasteiger partial charge >= 0.3 is 0 Å². The Morgan fingerprint density at radius 1 is 1.31 bits per heavy atom. The molecule has 0 aliphatic carbocycles. The van der Waals surface area contributed by atoms with Crippen molar-refractivity contribution in [2.75, 3.05) is 0 Å². The zero-order valence-electron chi connectivity index (χ0n) is 9.47. The second-order valence-electron chi connectivity index (χ2n) is 4.33. The number of benzene rings is 1. The number of carbonyl (C=O) groups is 1. The van der Waals surface area contributed by atoms with Crippen molar-refractivity contribution in [3.05, 3.63) is 23.8 Å². The largest absolute Gasteiger partial charge is 0.504 e. The molecular weight excluding hydrogens is 206 g/mol. The van der Waals surface area contributed by atoms with Crippen LogP contribution in [0.25, 0.3) is 0 Å².